The van der Waals surface area contributed by atoms with Crippen molar-refractivity contribution in [2.75, 3.05) is 19.7 Å². The molecule has 3 rings (SSSR count). The van der Waals surface area contributed by atoms with E-state index >= 15 is 0 Å². The molecule has 3 aliphatic rings. The monoisotopic (exact) mass is 429 g/mol. The highest BCUT2D eigenvalue weighted by atomic mass is 16.6. The number of hydrogen-bond donors (Lipinski definition) is 4. The van der Waals surface area contributed by atoms with Gasteiger partial charge in [-0.3, -0.25) is 24.5 Å². The molecule has 12 nitrogen and oxygen atoms in total. The molecule has 1 spiro atoms. The lowest BCUT2D eigenvalue weighted by Crippen LogP contribution is -2.45. The molecular weight excluding hydrogens is 402 g/mol. The number of carboxylic acid groups (broad SMARTS) is 2. The van der Waals surface area contributed by atoms with Crippen molar-refractivity contribution < 1.29 is 39.5 Å². The summed E-state index contributed by atoms with van der Waals surface area (Å²) in [6, 6.07) is -0.937. The number of nitrogens with one attached hydrogen (secondary N) is 1. The highest BCUT2D eigenvalue weighted by Gasteiger charge is 2.71. The summed E-state index contributed by atoms with van der Waals surface area (Å²) in [7, 11) is 0. The number of amides is 1. The summed E-state index contributed by atoms with van der Waals surface area (Å²) in [6.45, 7) is 0.443. The van der Waals surface area contributed by atoms with Crippen LogP contribution in [0.25, 0.3) is 0 Å². The molecule has 12 heteroatoms. The van der Waals surface area contributed by atoms with Crippen LogP contribution in [0, 0.1) is 27.9 Å². The standard InChI is InChI=1S/C18H27N3O9/c22-12-3-1-10(13(7-12)15(23)24)9-30-19-5-6-20-17(27)18(20)8-11(21(28)29)2-4-14(18)16(25)26/h10-14,19,22H,1-9H2,(H,23,24)(H,25,26). The van der Waals surface area contributed by atoms with Crippen LogP contribution in [0.3, 0.4) is 0 Å². The number of rotatable bonds is 9. The van der Waals surface area contributed by atoms with Gasteiger partial charge in [-0.05, 0) is 31.6 Å². The second-order valence-corrected chi connectivity index (χ2v) is 8.37. The number of carbonyl (C=O) groups excluding carboxylic acids is 1. The van der Waals surface area contributed by atoms with Crippen LogP contribution in [-0.2, 0) is 19.2 Å². The number of aliphatic hydroxyl groups is 1. The fourth-order valence-corrected chi connectivity index (χ4v) is 4.98. The molecule has 0 aromatic rings. The van der Waals surface area contributed by atoms with Gasteiger partial charge in [0, 0.05) is 30.9 Å². The first kappa shape index (κ1) is 22.4. The summed E-state index contributed by atoms with van der Waals surface area (Å²) in [5, 5.41) is 39.5. The van der Waals surface area contributed by atoms with Gasteiger partial charge in [-0.25, -0.2) is 5.48 Å². The number of aliphatic hydroxyl groups excluding tert-OH is 1. The molecule has 0 radical (unpaired) electrons. The van der Waals surface area contributed by atoms with Crippen molar-refractivity contribution in [2.24, 2.45) is 17.8 Å². The molecule has 168 valence electrons. The van der Waals surface area contributed by atoms with E-state index in [1.807, 2.05) is 0 Å². The van der Waals surface area contributed by atoms with Gasteiger partial charge in [-0.1, -0.05) is 0 Å². The third kappa shape index (κ3) is 4.25. The molecule has 6 atom stereocenters. The molecule has 1 amide bonds. The van der Waals surface area contributed by atoms with Gasteiger partial charge in [0.2, 0.25) is 6.04 Å². The molecule has 0 aromatic heterocycles. The Hall–Kier alpha value is -2.31. The Labute approximate surface area is 172 Å². The van der Waals surface area contributed by atoms with Gasteiger partial charge in [0.1, 0.15) is 5.54 Å². The molecule has 30 heavy (non-hydrogen) atoms. The molecule has 0 aromatic carbocycles. The maximum atomic E-state index is 12.4. The summed E-state index contributed by atoms with van der Waals surface area (Å²) in [5.41, 5.74) is 1.34. The van der Waals surface area contributed by atoms with Gasteiger partial charge in [-0.15, -0.1) is 0 Å². The summed E-state index contributed by atoms with van der Waals surface area (Å²) in [6.07, 6.45) is 0.698. The van der Waals surface area contributed by atoms with Crippen LogP contribution in [0.5, 0.6) is 0 Å². The largest absolute Gasteiger partial charge is 0.481 e. The summed E-state index contributed by atoms with van der Waals surface area (Å²) in [4.78, 5) is 52.7. The molecule has 1 saturated heterocycles. The summed E-state index contributed by atoms with van der Waals surface area (Å²) >= 11 is 0. The number of hydroxylamine groups is 1. The number of carboxylic acids is 2. The molecule has 3 fully saturated rings. The fourth-order valence-electron chi connectivity index (χ4n) is 4.98. The molecule has 2 saturated carbocycles. The van der Waals surface area contributed by atoms with Crippen LogP contribution in [-0.4, -0.2) is 80.4 Å². The zero-order valence-electron chi connectivity index (χ0n) is 16.4. The SMILES string of the molecule is O=C(O)C1CC(O)CCC1CONCCN1C(=O)C12CC([N+](=O)[O-])CCC2C(=O)O. The maximum absolute atomic E-state index is 12.4. The summed E-state index contributed by atoms with van der Waals surface area (Å²) < 4.78 is 0. The van der Waals surface area contributed by atoms with E-state index in [0.29, 0.717) is 12.8 Å². The van der Waals surface area contributed by atoms with Crippen LogP contribution in [0.15, 0.2) is 0 Å². The first-order valence-electron chi connectivity index (χ1n) is 10.1. The molecular formula is C18H27N3O9. The van der Waals surface area contributed by atoms with Crippen molar-refractivity contribution >= 4 is 17.8 Å². The van der Waals surface area contributed by atoms with Gasteiger partial charge < -0.3 is 25.1 Å². The van der Waals surface area contributed by atoms with Gasteiger partial charge in [0.25, 0.3) is 5.91 Å². The van der Waals surface area contributed by atoms with Crippen molar-refractivity contribution in [3.8, 4) is 0 Å². The number of carbonyl (C=O) groups is 3. The Balaban J connectivity index is 1.48. The lowest BCUT2D eigenvalue weighted by Gasteiger charge is -2.31. The van der Waals surface area contributed by atoms with E-state index in [1.165, 1.54) is 4.90 Å². The molecule has 6 unspecified atom stereocenters. The van der Waals surface area contributed by atoms with E-state index in [-0.39, 0.29) is 51.3 Å². The van der Waals surface area contributed by atoms with E-state index in [2.05, 4.69) is 5.48 Å². The summed E-state index contributed by atoms with van der Waals surface area (Å²) in [5.74, 6) is -4.40. The van der Waals surface area contributed by atoms with Gasteiger partial charge >= 0.3 is 11.9 Å². The Morgan fingerprint density at radius 3 is 2.60 bits per heavy atom. The van der Waals surface area contributed by atoms with E-state index in [0.717, 1.165) is 0 Å². The molecule has 1 aliphatic heterocycles. The lowest BCUT2D eigenvalue weighted by molar-refractivity contribution is -0.528. The first-order chi connectivity index (χ1) is 14.2. The molecule has 0 bridgehead atoms. The number of aliphatic carboxylic acids is 2. The highest BCUT2D eigenvalue weighted by molar-refractivity contribution is 6.06. The van der Waals surface area contributed by atoms with Crippen LogP contribution in [0.2, 0.25) is 0 Å². The minimum atomic E-state index is -1.32. The highest BCUT2D eigenvalue weighted by Crippen LogP contribution is 2.50. The van der Waals surface area contributed by atoms with Gasteiger partial charge in [0.15, 0.2) is 0 Å². The number of hydrogen-bond acceptors (Lipinski definition) is 8. The minimum Gasteiger partial charge on any atom is -0.481 e. The third-order valence-electron chi connectivity index (χ3n) is 6.68. The normalized spacial score (nSPS) is 36.0. The van der Waals surface area contributed by atoms with E-state index < -0.39 is 52.3 Å². The van der Waals surface area contributed by atoms with Crippen molar-refractivity contribution in [3.05, 3.63) is 10.1 Å². The van der Waals surface area contributed by atoms with Gasteiger partial charge in [-0.2, -0.15) is 0 Å². The Kier molecular flexibility index (Phi) is 6.58. The second kappa shape index (κ2) is 8.82. The number of nitrogens with zero attached hydrogens (tertiary/aromatic N) is 2. The Morgan fingerprint density at radius 1 is 1.23 bits per heavy atom. The minimum absolute atomic E-state index is 0.0806. The Morgan fingerprint density at radius 2 is 1.97 bits per heavy atom. The maximum Gasteiger partial charge on any atom is 0.309 e. The van der Waals surface area contributed by atoms with Gasteiger partial charge in [0.05, 0.1) is 24.5 Å². The van der Waals surface area contributed by atoms with Crippen LogP contribution in [0.4, 0.5) is 0 Å². The topological polar surface area (TPSA) is 179 Å². The van der Waals surface area contributed by atoms with E-state index in [4.69, 9.17) is 4.84 Å². The smallest absolute Gasteiger partial charge is 0.309 e. The predicted molar refractivity (Wildman–Crippen MR) is 98.6 cm³/mol. The molecule has 4 N–H and O–H groups in total. The van der Waals surface area contributed by atoms with Crippen molar-refractivity contribution in [3.63, 3.8) is 0 Å². The second-order valence-electron chi connectivity index (χ2n) is 8.37. The first-order valence-corrected chi connectivity index (χ1v) is 10.1. The lowest BCUT2D eigenvalue weighted by atomic mass is 9.76. The average molecular weight is 429 g/mol. The van der Waals surface area contributed by atoms with Crippen molar-refractivity contribution in [1.82, 2.24) is 10.4 Å². The predicted octanol–water partition coefficient (Wildman–Crippen LogP) is -0.520. The molecule has 2 aliphatic carbocycles. The number of nitro groups is 1. The quantitative estimate of drug-likeness (QED) is 0.161. The third-order valence-corrected chi connectivity index (χ3v) is 6.68. The van der Waals surface area contributed by atoms with Crippen LogP contribution in [0.1, 0.15) is 38.5 Å². The van der Waals surface area contributed by atoms with Crippen LogP contribution < -0.4 is 5.48 Å². The Bertz CT molecular complexity index is 717. The van der Waals surface area contributed by atoms with Crippen molar-refractivity contribution in [2.45, 2.75) is 56.2 Å². The fraction of sp³-hybridized carbons (Fsp3) is 0.833. The van der Waals surface area contributed by atoms with Crippen LogP contribution >= 0.6 is 0 Å². The zero-order valence-corrected chi connectivity index (χ0v) is 16.4. The molecule has 1 heterocycles. The zero-order chi connectivity index (χ0) is 22.1. The van der Waals surface area contributed by atoms with E-state index in [9.17, 15) is 39.8 Å². The van der Waals surface area contributed by atoms with E-state index in [1.54, 1.807) is 0 Å². The van der Waals surface area contributed by atoms with Crippen molar-refractivity contribution in [1.29, 1.82) is 0 Å². The average Bonchev–Trinajstić information content (AvgIpc) is 3.23.